The molecule has 0 fully saturated rings. The lowest BCUT2D eigenvalue weighted by atomic mass is 10.4. The van der Waals surface area contributed by atoms with Gasteiger partial charge in [-0.15, -0.1) is 0 Å². The van der Waals surface area contributed by atoms with Gasteiger partial charge in [0.25, 0.3) is 0 Å². The predicted molar refractivity (Wildman–Crippen MR) is 40.6 cm³/mol. The van der Waals surface area contributed by atoms with E-state index in [0.717, 1.165) is 11.9 Å². The van der Waals surface area contributed by atoms with Crippen molar-refractivity contribution in [1.82, 2.24) is 9.38 Å². The summed E-state index contributed by atoms with van der Waals surface area (Å²) in [5, 5.41) is 0. The van der Waals surface area contributed by atoms with E-state index in [2.05, 4.69) is 4.98 Å². The van der Waals surface area contributed by atoms with E-state index in [4.69, 9.17) is 0 Å². The first-order valence-corrected chi connectivity index (χ1v) is 3.29. The van der Waals surface area contributed by atoms with Gasteiger partial charge in [-0.25, -0.2) is 4.98 Å². The van der Waals surface area contributed by atoms with Crippen molar-refractivity contribution in [2.45, 2.75) is 0 Å². The lowest BCUT2D eigenvalue weighted by molar-refractivity contribution is 0.111. The van der Waals surface area contributed by atoms with Crippen molar-refractivity contribution in [1.29, 1.82) is 0 Å². The lowest BCUT2D eigenvalue weighted by Crippen LogP contribution is -1.91. The van der Waals surface area contributed by atoms with Crippen molar-refractivity contribution in [2.24, 2.45) is 0 Å². The highest BCUT2D eigenvalue weighted by Crippen LogP contribution is 2.02. The van der Waals surface area contributed by atoms with Crippen LogP contribution >= 0.6 is 0 Å². The maximum Gasteiger partial charge on any atom is 0.166 e. The fourth-order valence-corrected chi connectivity index (χ4v) is 1.07. The minimum atomic E-state index is 0.625. The average molecular weight is 146 g/mol. The van der Waals surface area contributed by atoms with Gasteiger partial charge in [-0.1, -0.05) is 6.07 Å². The van der Waals surface area contributed by atoms with E-state index >= 15 is 0 Å². The van der Waals surface area contributed by atoms with Crippen LogP contribution in [0.1, 0.15) is 10.5 Å². The molecule has 0 amide bonds. The minimum Gasteiger partial charge on any atom is -0.297 e. The molecule has 2 aromatic heterocycles. The Balaban J connectivity index is 2.88. The summed E-state index contributed by atoms with van der Waals surface area (Å²) in [5.41, 5.74) is 1.43. The van der Waals surface area contributed by atoms with Crippen LogP contribution in [0.5, 0.6) is 0 Å². The van der Waals surface area contributed by atoms with Crippen LogP contribution in [-0.4, -0.2) is 15.7 Å². The molecule has 11 heavy (non-hydrogen) atoms. The topological polar surface area (TPSA) is 34.4 Å². The molecule has 0 saturated heterocycles. The van der Waals surface area contributed by atoms with Crippen molar-refractivity contribution in [3.05, 3.63) is 36.3 Å². The summed E-state index contributed by atoms with van der Waals surface area (Å²) in [5.74, 6) is 0. The number of aromatic nitrogens is 2. The molecule has 0 spiro atoms. The lowest BCUT2D eigenvalue weighted by Gasteiger charge is -1.94. The van der Waals surface area contributed by atoms with Crippen molar-refractivity contribution in [3.8, 4) is 0 Å². The van der Waals surface area contributed by atoms with Crippen molar-refractivity contribution in [2.75, 3.05) is 0 Å². The highest BCUT2D eigenvalue weighted by molar-refractivity contribution is 5.73. The average Bonchev–Trinajstić information content (AvgIpc) is 2.50. The van der Waals surface area contributed by atoms with Gasteiger partial charge in [0.2, 0.25) is 0 Å². The van der Waals surface area contributed by atoms with Crippen molar-refractivity contribution < 1.29 is 4.79 Å². The van der Waals surface area contributed by atoms with E-state index in [1.807, 2.05) is 12.1 Å². The molecule has 0 aliphatic rings. The molecule has 0 saturated carbocycles. The molecule has 0 radical (unpaired) electrons. The molecular formula is C8H6N2O. The van der Waals surface area contributed by atoms with Gasteiger partial charge in [0.1, 0.15) is 5.65 Å². The maximum absolute atomic E-state index is 10.5. The molecule has 3 nitrogen and oxygen atoms in total. The molecule has 2 heterocycles. The van der Waals surface area contributed by atoms with Gasteiger partial charge in [-0.2, -0.15) is 0 Å². The summed E-state index contributed by atoms with van der Waals surface area (Å²) < 4.78 is 1.74. The smallest absolute Gasteiger partial charge is 0.166 e. The monoisotopic (exact) mass is 146 g/mol. The Kier molecular flexibility index (Phi) is 1.22. The number of fused-ring (bicyclic) bond motifs is 1. The van der Waals surface area contributed by atoms with E-state index in [1.165, 1.54) is 0 Å². The van der Waals surface area contributed by atoms with Gasteiger partial charge in [0, 0.05) is 12.4 Å². The summed E-state index contributed by atoms with van der Waals surface area (Å²) in [4.78, 5) is 14.5. The number of hydrogen-bond acceptors (Lipinski definition) is 2. The largest absolute Gasteiger partial charge is 0.297 e. The normalized spacial score (nSPS) is 10.2. The number of aldehydes is 1. The molecule has 54 valence electrons. The van der Waals surface area contributed by atoms with Gasteiger partial charge in [0.15, 0.2) is 6.29 Å². The molecule has 2 rings (SSSR count). The summed E-state index contributed by atoms with van der Waals surface area (Å²) in [6.07, 6.45) is 4.25. The second kappa shape index (κ2) is 2.20. The van der Waals surface area contributed by atoms with E-state index in [1.54, 1.807) is 22.9 Å². The van der Waals surface area contributed by atoms with Crippen LogP contribution in [0.15, 0.2) is 30.6 Å². The second-order valence-electron chi connectivity index (χ2n) is 2.22. The molecule has 0 aliphatic carbocycles. The number of rotatable bonds is 1. The molecule has 2 aromatic rings. The van der Waals surface area contributed by atoms with Gasteiger partial charge in [-0.05, 0) is 12.1 Å². The van der Waals surface area contributed by atoms with Gasteiger partial charge < -0.3 is 0 Å². The summed E-state index contributed by atoms with van der Waals surface area (Å²) in [6, 6.07) is 5.42. The highest BCUT2D eigenvalue weighted by atomic mass is 16.1. The van der Waals surface area contributed by atoms with Crippen LogP contribution in [0.3, 0.4) is 0 Å². The van der Waals surface area contributed by atoms with Gasteiger partial charge in [0.05, 0.1) is 5.69 Å². The van der Waals surface area contributed by atoms with Crippen LogP contribution in [0, 0.1) is 0 Å². The third kappa shape index (κ3) is 0.816. The Bertz CT molecular complexity index is 392. The second-order valence-corrected chi connectivity index (χ2v) is 2.22. The zero-order chi connectivity index (χ0) is 7.68. The van der Waals surface area contributed by atoms with Gasteiger partial charge >= 0.3 is 0 Å². The van der Waals surface area contributed by atoms with Crippen LogP contribution in [-0.2, 0) is 0 Å². The van der Waals surface area contributed by atoms with E-state index in [9.17, 15) is 4.79 Å². The molecule has 3 heteroatoms. The fraction of sp³-hybridized carbons (Fsp3) is 0. The molecule has 0 aromatic carbocycles. The standard InChI is InChI=1S/C8H6N2O/c11-6-7-2-1-3-8-9-4-5-10(7)8/h1-6H. The molecule has 0 bridgehead atoms. The Morgan fingerprint density at radius 2 is 2.36 bits per heavy atom. The Morgan fingerprint density at radius 3 is 3.18 bits per heavy atom. The summed E-state index contributed by atoms with van der Waals surface area (Å²) >= 11 is 0. The number of imidazole rings is 1. The maximum atomic E-state index is 10.5. The fourth-order valence-electron chi connectivity index (χ4n) is 1.07. The molecule has 0 atom stereocenters. The SMILES string of the molecule is O=Cc1cccc2nccn12. The molecule has 0 N–H and O–H groups in total. The molecular weight excluding hydrogens is 140 g/mol. The first-order valence-electron chi connectivity index (χ1n) is 3.29. The summed E-state index contributed by atoms with van der Waals surface area (Å²) in [7, 11) is 0. The van der Waals surface area contributed by atoms with Crippen molar-refractivity contribution in [3.63, 3.8) is 0 Å². The third-order valence-corrected chi connectivity index (χ3v) is 1.58. The first-order chi connectivity index (χ1) is 5.42. The van der Waals surface area contributed by atoms with E-state index in [0.29, 0.717) is 5.69 Å². The quantitative estimate of drug-likeness (QED) is 0.565. The summed E-state index contributed by atoms with van der Waals surface area (Å²) in [6.45, 7) is 0. The van der Waals surface area contributed by atoms with Gasteiger partial charge in [-0.3, -0.25) is 9.20 Å². The van der Waals surface area contributed by atoms with Crippen LogP contribution < -0.4 is 0 Å². The number of carbonyl (C=O) groups is 1. The van der Waals surface area contributed by atoms with Crippen molar-refractivity contribution >= 4 is 11.9 Å². The van der Waals surface area contributed by atoms with E-state index in [-0.39, 0.29) is 0 Å². The Morgan fingerprint density at radius 1 is 1.45 bits per heavy atom. The number of pyridine rings is 1. The number of nitrogens with zero attached hydrogens (tertiary/aromatic N) is 2. The van der Waals surface area contributed by atoms with E-state index < -0.39 is 0 Å². The van der Waals surface area contributed by atoms with Crippen LogP contribution in [0.25, 0.3) is 5.65 Å². The third-order valence-electron chi connectivity index (χ3n) is 1.58. The number of hydrogen-bond donors (Lipinski definition) is 0. The zero-order valence-electron chi connectivity index (χ0n) is 5.77. The Hall–Kier alpha value is -1.64. The van der Waals surface area contributed by atoms with Crippen LogP contribution in [0.4, 0.5) is 0 Å². The number of carbonyl (C=O) groups excluding carboxylic acids is 1. The molecule has 0 unspecified atom stereocenters. The first kappa shape index (κ1) is 6.09. The molecule has 0 aliphatic heterocycles. The minimum absolute atomic E-state index is 0.625. The highest BCUT2D eigenvalue weighted by Gasteiger charge is 1.96. The van der Waals surface area contributed by atoms with Crippen LogP contribution in [0.2, 0.25) is 0 Å². The zero-order valence-corrected chi connectivity index (χ0v) is 5.77. The Labute approximate surface area is 63.3 Å². The predicted octanol–water partition coefficient (Wildman–Crippen LogP) is 1.15.